The van der Waals surface area contributed by atoms with Gasteiger partial charge in [-0.25, -0.2) is 4.68 Å². The van der Waals surface area contributed by atoms with Gasteiger partial charge >= 0.3 is 0 Å². The van der Waals surface area contributed by atoms with Crippen LogP contribution in [0, 0.1) is 0 Å². The van der Waals surface area contributed by atoms with E-state index in [4.69, 9.17) is 0 Å². The summed E-state index contributed by atoms with van der Waals surface area (Å²) in [6, 6.07) is 3.96. The topological polar surface area (TPSA) is 68.4 Å². The van der Waals surface area contributed by atoms with Crippen molar-refractivity contribution in [3.8, 4) is 0 Å². The molecular weight excluding hydrogens is 312 g/mol. The lowest BCUT2D eigenvalue weighted by molar-refractivity contribution is -0.122. The molecule has 0 aromatic carbocycles. The number of amides is 1. The van der Waals surface area contributed by atoms with E-state index >= 15 is 0 Å². The molecule has 0 bridgehead atoms. The second-order valence-corrected chi connectivity index (χ2v) is 6.59. The number of nitrogens with zero attached hydrogens (tertiary/aromatic N) is 3. The Labute approximate surface area is 137 Å². The second kappa shape index (κ2) is 6.16. The zero-order chi connectivity index (χ0) is 16.6. The standard InChI is InChI=1S/C16H20N4O2S/c1-4-10(3)17-15(21)9-19-16(22)12-8-13-11(6-7-23-13)20(12)14(5-2)18-19/h6-8,10H,4-5,9H2,1-3H3,(H,17,21)/t10-/m1/s1. The van der Waals surface area contributed by atoms with E-state index in [9.17, 15) is 9.59 Å². The predicted octanol–water partition coefficient (Wildman–Crippen LogP) is 2.19. The Balaban J connectivity index is 2.06. The first-order chi connectivity index (χ1) is 11.0. The van der Waals surface area contributed by atoms with Gasteiger partial charge in [0.05, 0.1) is 10.2 Å². The molecule has 3 aromatic heterocycles. The van der Waals surface area contributed by atoms with Crippen molar-refractivity contribution in [2.24, 2.45) is 0 Å². The average Bonchev–Trinajstić information content (AvgIpc) is 3.11. The minimum atomic E-state index is -0.232. The van der Waals surface area contributed by atoms with Crippen molar-refractivity contribution in [1.82, 2.24) is 19.5 Å². The largest absolute Gasteiger partial charge is 0.352 e. The summed E-state index contributed by atoms with van der Waals surface area (Å²) in [5.41, 5.74) is 1.35. The van der Waals surface area contributed by atoms with E-state index in [1.54, 1.807) is 11.3 Å². The van der Waals surface area contributed by atoms with Gasteiger partial charge in [0, 0.05) is 12.5 Å². The van der Waals surface area contributed by atoms with E-state index in [1.807, 2.05) is 42.7 Å². The highest BCUT2D eigenvalue weighted by atomic mass is 32.1. The fraction of sp³-hybridized carbons (Fsp3) is 0.438. The average molecular weight is 332 g/mol. The number of hydrogen-bond acceptors (Lipinski definition) is 4. The lowest BCUT2D eigenvalue weighted by atomic mass is 10.2. The summed E-state index contributed by atoms with van der Waals surface area (Å²) in [5, 5.41) is 9.28. The maximum absolute atomic E-state index is 12.7. The molecule has 0 aliphatic rings. The van der Waals surface area contributed by atoms with E-state index in [2.05, 4.69) is 10.4 Å². The van der Waals surface area contributed by atoms with Crippen molar-refractivity contribution >= 4 is 33.0 Å². The predicted molar refractivity (Wildman–Crippen MR) is 92.1 cm³/mol. The number of hydrogen-bond donors (Lipinski definition) is 1. The van der Waals surface area contributed by atoms with Crippen molar-refractivity contribution in [3.63, 3.8) is 0 Å². The zero-order valence-corrected chi connectivity index (χ0v) is 14.3. The van der Waals surface area contributed by atoms with Gasteiger partial charge in [0.2, 0.25) is 5.91 Å². The number of carbonyl (C=O) groups is 1. The number of nitrogens with one attached hydrogen (secondary N) is 1. The van der Waals surface area contributed by atoms with Crippen molar-refractivity contribution in [3.05, 3.63) is 33.7 Å². The fourth-order valence-electron chi connectivity index (χ4n) is 2.62. The molecule has 0 aliphatic heterocycles. The Morgan fingerprint density at radius 2 is 2.17 bits per heavy atom. The molecule has 0 saturated heterocycles. The molecule has 0 radical (unpaired) electrons. The van der Waals surface area contributed by atoms with Crippen molar-refractivity contribution < 1.29 is 4.79 Å². The van der Waals surface area contributed by atoms with E-state index in [0.717, 1.165) is 22.5 Å². The molecule has 7 heteroatoms. The van der Waals surface area contributed by atoms with Crippen LogP contribution in [-0.4, -0.2) is 26.1 Å². The first-order valence-electron chi connectivity index (χ1n) is 7.83. The molecule has 23 heavy (non-hydrogen) atoms. The van der Waals surface area contributed by atoms with E-state index in [1.165, 1.54) is 4.68 Å². The highest BCUT2D eigenvalue weighted by Gasteiger charge is 2.16. The van der Waals surface area contributed by atoms with Gasteiger partial charge in [0.25, 0.3) is 5.56 Å². The maximum Gasteiger partial charge on any atom is 0.291 e. The van der Waals surface area contributed by atoms with Crippen LogP contribution in [0.5, 0.6) is 0 Å². The SMILES string of the molecule is CCc1nn(CC(=O)N[C@H](C)CC)c(=O)c2cc3sccc3n12. The normalized spacial score (nSPS) is 12.8. The number of carbonyl (C=O) groups excluding carboxylic acids is 1. The van der Waals surface area contributed by atoms with Crippen LogP contribution in [0.25, 0.3) is 15.7 Å². The van der Waals surface area contributed by atoms with Gasteiger partial charge in [-0.05, 0) is 30.9 Å². The third-order valence-corrected chi connectivity index (χ3v) is 4.85. The molecule has 3 heterocycles. The van der Waals surface area contributed by atoms with Gasteiger partial charge in [-0.15, -0.1) is 11.3 Å². The summed E-state index contributed by atoms with van der Waals surface area (Å²) >= 11 is 1.60. The van der Waals surface area contributed by atoms with Gasteiger partial charge < -0.3 is 5.32 Å². The summed E-state index contributed by atoms with van der Waals surface area (Å²) in [4.78, 5) is 24.7. The van der Waals surface area contributed by atoms with Crippen LogP contribution in [0.15, 0.2) is 22.3 Å². The smallest absolute Gasteiger partial charge is 0.291 e. The van der Waals surface area contributed by atoms with Crippen molar-refractivity contribution in [2.45, 2.75) is 46.2 Å². The van der Waals surface area contributed by atoms with Crippen LogP contribution < -0.4 is 10.9 Å². The molecule has 0 aliphatic carbocycles. The van der Waals surface area contributed by atoms with Gasteiger partial charge in [0.15, 0.2) is 0 Å². The third-order valence-electron chi connectivity index (χ3n) is 4.00. The first-order valence-corrected chi connectivity index (χ1v) is 8.71. The minimum Gasteiger partial charge on any atom is -0.352 e. The maximum atomic E-state index is 12.7. The van der Waals surface area contributed by atoms with Crippen LogP contribution in [-0.2, 0) is 17.8 Å². The molecule has 0 unspecified atom stereocenters. The second-order valence-electron chi connectivity index (χ2n) is 5.64. The number of aryl methyl sites for hydroxylation is 1. The summed E-state index contributed by atoms with van der Waals surface area (Å²) < 4.78 is 4.23. The monoisotopic (exact) mass is 332 g/mol. The molecule has 1 atom stereocenters. The van der Waals surface area contributed by atoms with E-state index in [-0.39, 0.29) is 24.1 Å². The molecule has 0 saturated carbocycles. The lowest BCUT2D eigenvalue weighted by Gasteiger charge is -2.13. The van der Waals surface area contributed by atoms with Gasteiger partial charge in [0.1, 0.15) is 17.9 Å². The van der Waals surface area contributed by atoms with Crippen LogP contribution in [0.3, 0.4) is 0 Å². The number of aromatic nitrogens is 3. The van der Waals surface area contributed by atoms with Crippen LogP contribution in [0.1, 0.15) is 33.0 Å². The lowest BCUT2D eigenvalue weighted by Crippen LogP contribution is -2.38. The number of rotatable bonds is 5. The van der Waals surface area contributed by atoms with Gasteiger partial charge in [-0.2, -0.15) is 5.10 Å². The van der Waals surface area contributed by atoms with Crippen molar-refractivity contribution in [2.75, 3.05) is 0 Å². The Bertz CT molecular complexity index is 921. The molecule has 1 amide bonds. The number of thiophene rings is 1. The molecule has 1 N–H and O–H groups in total. The third kappa shape index (κ3) is 2.76. The summed E-state index contributed by atoms with van der Waals surface area (Å²) in [7, 11) is 0. The van der Waals surface area contributed by atoms with Gasteiger partial charge in [-0.1, -0.05) is 13.8 Å². The van der Waals surface area contributed by atoms with Crippen LogP contribution in [0.2, 0.25) is 0 Å². The Morgan fingerprint density at radius 3 is 2.87 bits per heavy atom. The summed E-state index contributed by atoms with van der Waals surface area (Å²) in [5.74, 6) is 0.595. The number of fused-ring (bicyclic) bond motifs is 3. The minimum absolute atomic E-state index is 0.0501. The first kappa shape index (κ1) is 15.7. The Morgan fingerprint density at radius 1 is 1.39 bits per heavy atom. The molecule has 6 nitrogen and oxygen atoms in total. The molecule has 0 spiro atoms. The molecular formula is C16H20N4O2S. The molecule has 0 fully saturated rings. The molecule has 3 aromatic rings. The van der Waals surface area contributed by atoms with Crippen LogP contribution in [0.4, 0.5) is 0 Å². The van der Waals surface area contributed by atoms with E-state index < -0.39 is 0 Å². The Hall–Kier alpha value is -2.15. The zero-order valence-electron chi connectivity index (χ0n) is 13.5. The Kier molecular flexibility index (Phi) is 4.21. The summed E-state index contributed by atoms with van der Waals surface area (Å²) in [6.07, 6.45) is 1.53. The van der Waals surface area contributed by atoms with Gasteiger partial charge in [-0.3, -0.25) is 14.0 Å². The molecule has 122 valence electrons. The molecule has 3 rings (SSSR count). The van der Waals surface area contributed by atoms with Crippen molar-refractivity contribution in [1.29, 1.82) is 0 Å². The van der Waals surface area contributed by atoms with Crippen LogP contribution >= 0.6 is 11.3 Å². The highest BCUT2D eigenvalue weighted by Crippen LogP contribution is 2.24. The summed E-state index contributed by atoms with van der Waals surface area (Å²) in [6.45, 7) is 5.89. The quantitative estimate of drug-likeness (QED) is 0.779. The van der Waals surface area contributed by atoms with E-state index in [0.29, 0.717) is 11.9 Å². The fourth-order valence-corrected chi connectivity index (χ4v) is 3.42. The highest BCUT2D eigenvalue weighted by molar-refractivity contribution is 7.17.